The lowest BCUT2D eigenvalue weighted by Gasteiger charge is -2.32. The molecule has 0 amide bonds. The summed E-state index contributed by atoms with van der Waals surface area (Å²) < 4.78 is 1.69. The number of nitriles is 1. The first kappa shape index (κ1) is 13.7. The highest BCUT2D eigenvalue weighted by atomic mass is 16.3. The summed E-state index contributed by atoms with van der Waals surface area (Å²) in [6, 6.07) is 2.28. The van der Waals surface area contributed by atoms with Crippen molar-refractivity contribution in [3.63, 3.8) is 0 Å². The second-order valence-electron chi connectivity index (χ2n) is 5.37. The highest BCUT2D eigenvalue weighted by Gasteiger charge is 2.26. The molecule has 0 saturated carbocycles. The van der Waals surface area contributed by atoms with Crippen LogP contribution in [0.5, 0.6) is 0 Å². The number of rotatable bonds is 3. The molecule has 1 unspecified atom stereocenters. The molecule has 19 heavy (non-hydrogen) atoms. The predicted molar refractivity (Wildman–Crippen MR) is 73.8 cm³/mol. The van der Waals surface area contributed by atoms with E-state index in [1.807, 2.05) is 13.8 Å². The van der Waals surface area contributed by atoms with Crippen molar-refractivity contribution < 1.29 is 5.11 Å². The van der Waals surface area contributed by atoms with Crippen LogP contribution in [0.3, 0.4) is 0 Å². The van der Waals surface area contributed by atoms with Crippen molar-refractivity contribution in [3.05, 3.63) is 5.56 Å². The molecule has 2 heterocycles. The first-order valence-corrected chi connectivity index (χ1v) is 6.72. The zero-order chi connectivity index (χ0) is 14.0. The Labute approximate surface area is 113 Å². The molecule has 0 radical (unpaired) electrons. The van der Waals surface area contributed by atoms with Crippen LogP contribution in [0, 0.1) is 17.2 Å². The van der Waals surface area contributed by atoms with Crippen molar-refractivity contribution >= 4 is 11.6 Å². The average Bonchev–Trinajstić information content (AvgIpc) is 2.75. The molecule has 0 aromatic carbocycles. The van der Waals surface area contributed by atoms with Gasteiger partial charge in [0.05, 0.1) is 0 Å². The molecule has 6 nitrogen and oxygen atoms in total. The van der Waals surface area contributed by atoms with E-state index in [-0.39, 0.29) is 18.6 Å². The van der Waals surface area contributed by atoms with Gasteiger partial charge in [-0.2, -0.15) is 10.4 Å². The molecular formula is C13H21N5O. The molecule has 1 aliphatic rings. The van der Waals surface area contributed by atoms with Gasteiger partial charge in [0, 0.05) is 25.7 Å². The number of aromatic nitrogens is 2. The molecule has 1 aliphatic heterocycles. The Balaban J connectivity index is 2.34. The third kappa shape index (κ3) is 2.51. The lowest BCUT2D eigenvalue weighted by atomic mass is 9.99. The van der Waals surface area contributed by atoms with Crippen molar-refractivity contribution in [2.45, 2.75) is 32.7 Å². The normalized spacial score (nSPS) is 19.7. The van der Waals surface area contributed by atoms with Crippen LogP contribution in [0.15, 0.2) is 0 Å². The molecule has 1 atom stereocenters. The molecular weight excluding hydrogens is 242 g/mol. The van der Waals surface area contributed by atoms with Crippen molar-refractivity contribution in [2.75, 3.05) is 30.3 Å². The van der Waals surface area contributed by atoms with E-state index in [0.29, 0.717) is 17.2 Å². The molecule has 0 spiro atoms. The fraction of sp³-hybridized carbons (Fsp3) is 0.692. The summed E-state index contributed by atoms with van der Waals surface area (Å²) in [6.45, 7) is 5.75. The fourth-order valence-electron chi connectivity index (χ4n) is 2.56. The van der Waals surface area contributed by atoms with Gasteiger partial charge in [-0.05, 0) is 32.6 Å². The minimum atomic E-state index is 0.124. The molecule has 3 N–H and O–H groups in total. The smallest absolute Gasteiger partial charge is 0.170 e. The Morgan fingerprint density at radius 2 is 2.32 bits per heavy atom. The van der Waals surface area contributed by atoms with E-state index in [1.54, 1.807) is 4.68 Å². The van der Waals surface area contributed by atoms with E-state index in [4.69, 9.17) is 5.73 Å². The minimum Gasteiger partial charge on any atom is -0.396 e. The standard InChI is InChI=1S/C13H21N5O/c1-9(2)18-12(15)11(6-14)13(16-18)17-5-3-4-10(7-17)8-19/h9-10,19H,3-5,7-8,15H2,1-2H3. The summed E-state index contributed by atoms with van der Waals surface area (Å²) in [4.78, 5) is 2.07. The SMILES string of the molecule is CC(C)n1nc(N2CCCC(CO)C2)c(C#N)c1N. The second-order valence-corrected chi connectivity index (χ2v) is 5.37. The minimum absolute atomic E-state index is 0.124. The van der Waals surface area contributed by atoms with E-state index in [2.05, 4.69) is 16.1 Å². The highest BCUT2D eigenvalue weighted by Crippen LogP contribution is 2.29. The van der Waals surface area contributed by atoms with Gasteiger partial charge in [0.2, 0.25) is 0 Å². The summed E-state index contributed by atoms with van der Waals surface area (Å²) in [6.07, 6.45) is 2.03. The number of nitrogens with two attached hydrogens (primary N) is 1. The van der Waals surface area contributed by atoms with Crippen LogP contribution in [-0.4, -0.2) is 34.6 Å². The number of nitrogen functional groups attached to an aromatic ring is 1. The van der Waals surface area contributed by atoms with Gasteiger partial charge in [-0.1, -0.05) is 0 Å². The van der Waals surface area contributed by atoms with Crippen molar-refractivity contribution in [2.24, 2.45) is 5.92 Å². The Morgan fingerprint density at radius 3 is 2.89 bits per heavy atom. The van der Waals surface area contributed by atoms with Crippen molar-refractivity contribution in [1.29, 1.82) is 5.26 Å². The van der Waals surface area contributed by atoms with Crippen LogP contribution in [0.1, 0.15) is 38.3 Å². The summed E-state index contributed by atoms with van der Waals surface area (Å²) in [5.41, 5.74) is 6.44. The first-order valence-electron chi connectivity index (χ1n) is 6.72. The molecule has 1 saturated heterocycles. The molecule has 0 bridgehead atoms. The molecule has 1 aromatic heterocycles. The molecule has 6 heteroatoms. The highest BCUT2D eigenvalue weighted by molar-refractivity contribution is 5.65. The third-order valence-electron chi connectivity index (χ3n) is 3.61. The van der Waals surface area contributed by atoms with Crippen molar-refractivity contribution in [1.82, 2.24) is 9.78 Å². The van der Waals surface area contributed by atoms with Crippen molar-refractivity contribution in [3.8, 4) is 6.07 Å². The van der Waals surface area contributed by atoms with Gasteiger partial charge >= 0.3 is 0 Å². The predicted octanol–water partition coefficient (Wildman–Crippen LogP) is 1.13. The molecule has 1 fully saturated rings. The number of hydrogen-bond donors (Lipinski definition) is 2. The van der Waals surface area contributed by atoms with Gasteiger partial charge in [0.25, 0.3) is 0 Å². The number of nitrogens with zero attached hydrogens (tertiary/aromatic N) is 4. The van der Waals surface area contributed by atoms with Gasteiger partial charge < -0.3 is 15.7 Å². The molecule has 104 valence electrons. The van der Waals surface area contributed by atoms with Crippen LogP contribution >= 0.6 is 0 Å². The van der Waals surface area contributed by atoms with Gasteiger partial charge in [-0.25, -0.2) is 4.68 Å². The molecule has 0 aliphatic carbocycles. The molecule has 2 rings (SSSR count). The summed E-state index contributed by atoms with van der Waals surface area (Å²) >= 11 is 0. The maximum absolute atomic E-state index is 9.29. The number of piperidine rings is 1. The second kappa shape index (κ2) is 5.49. The van der Waals surface area contributed by atoms with Crippen LogP contribution in [0.2, 0.25) is 0 Å². The fourth-order valence-corrected chi connectivity index (χ4v) is 2.56. The average molecular weight is 263 g/mol. The van der Waals surface area contributed by atoms with E-state index >= 15 is 0 Å². The van der Waals surface area contributed by atoms with E-state index < -0.39 is 0 Å². The van der Waals surface area contributed by atoms with Crippen LogP contribution in [0.25, 0.3) is 0 Å². The monoisotopic (exact) mass is 263 g/mol. The zero-order valence-electron chi connectivity index (χ0n) is 11.5. The lowest BCUT2D eigenvalue weighted by molar-refractivity contribution is 0.208. The maximum atomic E-state index is 9.29. The van der Waals surface area contributed by atoms with Crippen LogP contribution in [-0.2, 0) is 0 Å². The summed E-state index contributed by atoms with van der Waals surface area (Å²) in [5.74, 6) is 1.34. The lowest BCUT2D eigenvalue weighted by Crippen LogP contribution is -2.37. The van der Waals surface area contributed by atoms with Gasteiger partial charge in [0.1, 0.15) is 17.5 Å². The Kier molecular flexibility index (Phi) is 3.96. The van der Waals surface area contributed by atoms with E-state index in [9.17, 15) is 10.4 Å². The molecule has 1 aromatic rings. The van der Waals surface area contributed by atoms with Crippen LogP contribution < -0.4 is 10.6 Å². The topological polar surface area (TPSA) is 91.1 Å². The number of hydrogen-bond acceptors (Lipinski definition) is 5. The maximum Gasteiger partial charge on any atom is 0.170 e. The Hall–Kier alpha value is -1.74. The van der Waals surface area contributed by atoms with E-state index in [0.717, 1.165) is 25.9 Å². The van der Waals surface area contributed by atoms with Crippen LogP contribution in [0.4, 0.5) is 11.6 Å². The Bertz CT molecular complexity index is 488. The van der Waals surface area contributed by atoms with Gasteiger partial charge in [-0.15, -0.1) is 0 Å². The Morgan fingerprint density at radius 1 is 1.58 bits per heavy atom. The van der Waals surface area contributed by atoms with Gasteiger partial charge in [0.15, 0.2) is 5.82 Å². The number of aliphatic hydroxyl groups is 1. The third-order valence-corrected chi connectivity index (χ3v) is 3.61. The number of aliphatic hydroxyl groups excluding tert-OH is 1. The number of anilines is 2. The summed E-state index contributed by atoms with van der Waals surface area (Å²) in [7, 11) is 0. The first-order chi connectivity index (χ1) is 9.08. The van der Waals surface area contributed by atoms with Gasteiger partial charge in [-0.3, -0.25) is 0 Å². The largest absolute Gasteiger partial charge is 0.396 e. The summed E-state index contributed by atoms with van der Waals surface area (Å²) in [5, 5.41) is 23.1. The van der Waals surface area contributed by atoms with E-state index in [1.165, 1.54) is 0 Å². The quantitative estimate of drug-likeness (QED) is 0.853. The zero-order valence-corrected chi connectivity index (χ0v) is 11.5.